The first-order valence-electron chi connectivity index (χ1n) is 5.93. The number of nitrogens with one attached hydrogen (secondary N) is 1. The highest BCUT2D eigenvalue weighted by Gasteiger charge is 2.37. The molecule has 3 N–H and O–H groups in total. The lowest BCUT2D eigenvalue weighted by atomic mass is 10.0. The Morgan fingerprint density at radius 1 is 1.56 bits per heavy atom. The summed E-state index contributed by atoms with van der Waals surface area (Å²) in [6.07, 6.45) is 2.02. The average Bonchev–Trinajstić information content (AvgIpc) is 2.74. The number of amides is 1. The van der Waals surface area contributed by atoms with Gasteiger partial charge in [0, 0.05) is 5.69 Å². The van der Waals surface area contributed by atoms with Crippen LogP contribution in [0.15, 0.2) is 12.1 Å². The molecule has 0 spiro atoms. The van der Waals surface area contributed by atoms with Gasteiger partial charge in [0.25, 0.3) is 0 Å². The standard InChI is InChI=1S/C13H17ClN2OS/c1-8-6-10(15)9(14)7-11(8)16-12(17)13(2)4-3-5-18-13/h6-7H,3-5,15H2,1-2H3,(H,16,17). The molecule has 1 atom stereocenters. The third-order valence-corrected chi connectivity index (χ3v) is 5.14. The summed E-state index contributed by atoms with van der Waals surface area (Å²) in [5, 5.41) is 3.43. The molecule has 0 bridgehead atoms. The number of thioether (sulfide) groups is 1. The number of halogens is 1. The molecule has 0 aliphatic carbocycles. The quantitative estimate of drug-likeness (QED) is 0.818. The largest absolute Gasteiger partial charge is 0.398 e. The Balaban J connectivity index is 2.19. The maximum atomic E-state index is 12.3. The van der Waals surface area contributed by atoms with Gasteiger partial charge in [-0.2, -0.15) is 0 Å². The van der Waals surface area contributed by atoms with E-state index in [-0.39, 0.29) is 10.7 Å². The lowest BCUT2D eigenvalue weighted by molar-refractivity contribution is -0.118. The van der Waals surface area contributed by atoms with Crippen LogP contribution in [0, 0.1) is 6.92 Å². The van der Waals surface area contributed by atoms with Gasteiger partial charge >= 0.3 is 0 Å². The maximum Gasteiger partial charge on any atom is 0.240 e. The van der Waals surface area contributed by atoms with Crippen molar-refractivity contribution in [3.05, 3.63) is 22.7 Å². The number of nitrogens with two attached hydrogens (primary N) is 1. The van der Waals surface area contributed by atoms with Crippen molar-refractivity contribution in [2.75, 3.05) is 16.8 Å². The lowest BCUT2D eigenvalue weighted by Crippen LogP contribution is -2.34. The molecule has 1 fully saturated rings. The Hall–Kier alpha value is -0.870. The van der Waals surface area contributed by atoms with Crippen molar-refractivity contribution in [1.29, 1.82) is 0 Å². The van der Waals surface area contributed by atoms with Gasteiger partial charge in [0.1, 0.15) is 0 Å². The summed E-state index contributed by atoms with van der Waals surface area (Å²) >= 11 is 7.70. The van der Waals surface area contributed by atoms with Crippen molar-refractivity contribution in [2.45, 2.75) is 31.4 Å². The highest BCUT2D eigenvalue weighted by Crippen LogP contribution is 2.39. The van der Waals surface area contributed by atoms with E-state index in [1.54, 1.807) is 23.9 Å². The molecule has 3 nitrogen and oxygen atoms in total. The number of carbonyl (C=O) groups excluding carboxylic acids is 1. The number of benzene rings is 1. The van der Waals surface area contributed by atoms with E-state index >= 15 is 0 Å². The zero-order chi connectivity index (χ0) is 13.3. The molecule has 0 aromatic heterocycles. The molecule has 1 aliphatic rings. The fraction of sp³-hybridized carbons (Fsp3) is 0.462. The Bertz CT molecular complexity index is 484. The summed E-state index contributed by atoms with van der Waals surface area (Å²) in [5.41, 5.74) is 7.93. The minimum atomic E-state index is -0.319. The van der Waals surface area contributed by atoms with Gasteiger partial charge in [0.05, 0.1) is 15.5 Å². The van der Waals surface area contributed by atoms with Crippen molar-refractivity contribution in [3.63, 3.8) is 0 Å². The maximum absolute atomic E-state index is 12.3. The average molecular weight is 285 g/mol. The van der Waals surface area contributed by atoms with Crippen LogP contribution in [-0.4, -0.2) is 16.4 Å². The zero-order valence-corrected chi connectivity index (χ0v) is 12.1. The van der Waals surface area contributed by atoms with Crippen LogP contribution in [-0.2, 0) is 4.79 Å². The van der Waals surface area contributed by atoms with E-state index in [4.69, 9.17) is 17.3 Å². The summed E-state index contributed by atoms with van der Waals surface area (Å²) in [5.74, 6) is 1.10. The molecule has 1 aromatic rings. The predicted octanol–water partition coefficient (Wildman–Crippen LogP) is 3.45. The molecule has 98 valence electrons. The molecule has 1 aromatic carbocycles. The molecule has 0 radical (unpaired) electrons. The fourth-order valence-electron chi connectivity index (χ4n) is 2.05. The second kappa shape index (κ2) is 5.02. The highest BCUT2D eigenvalue weighted by atomic mass is 35.5. The second-order valence-electron chi connectivity index (χ2n) is 4.83. The van der Waals surface area contributed by atoms with Gasteiger partial charge < -0.3 is 11.1 Å². The summed E-state index contributed by atoms with van der Waals surface area (Å²) in [7, 11) is 0. The van der Waals surface area contributed by atoms with E-state index < -0.39 is 0 Å². The van der Waals surface area contributed by atoms with E-state index in [0.29, 0.717) is 10.7 Å². The summed E-state index contributed by atoms with van der Waals surface area (Å²) < 4.78 is -0.319. The van der Waals surface area contributed by atoms with Crippen LogP contribution in [0.3, 0.4) is 0 Å². The molecule has 1 amide bonds. The fourth-order valence-corrected chi connectivity index (χ4v) is 3.42. The smallest absolute Gasteiger partial charge is 0.240 e. The molecule has 18 heavy (non-hydrogen) atoms. The number of rotatable bonds is 2. The topological polar surface area (TPSA) is 55.1 Å². The predicted molar refractivity (Wildman–Crippen MR) is 79.3 cm³/mol. The van der Waals surface area contributed by atoms with Gasteiger partial charge in [0.15, 0.2) is 0 Å². The Labute approximate surface area is 116 Å². The number of aryl methyl sites for hydroxylation is 1. The van der Waals surface area contributed by atoms with Crippen molar-refractivity contribution < 1.29 is 4.79 Å². The van der Waals surface area contributed by atoms with E-state index in [1.165, 1.54) is 0 Å². The van der Waals surface area contributed by atoms with Crippen LogP contribution in [0.25, 0.3) is 0 Å². The first-order valence-corrected chi connectivity index (χ1v) is 7.30. The minimum Gasteiger partial charge on any atom is -0.398 e. The Morgan fingerprint density at radius 2 is 2.28 bits per heavy atom. The number of anilines is 2. The molecule has 1 saturated heterocycles. The van der Waals surface area contributed by atoms with Gasteiger partial charge in [-0.3, -0.25) is 4.79 Å². The van der Waals surface area contributed by atoms with Crippen LogP contribution in [0.2, 0.25) is 5.02 Å². The molecule has 5 heteroatoms. The second-order valence-corrected chi connectivity index (χ2v) is 6.83. The number of nitrogen functional groups attached to an aromatic ring is 1. The highest BCUT2D eigenvalue weighted by molar-refractivity contribution is 8.01. The number of hydrogen-bond donors (Lipinski definition) is 2. The lowest BCUT2D eigenvalue weighted by Gasteiger charge is -2.22. The SMILES string of the molecule is Cc1cc(N)c(Cl)cc1NC(=O)C1(C)CCCS1. The zero-order valence-electron chi connectivity index (χ0n) is 10.5. The monoisotopic (exact) mass is 284 g/mol. The first-order chi connectivity index (χ1) is 8.42. The summed E-state index contributed by atoms with van der Waals surface area (Å²) in [4.78, 5) is 12.3. The van der Waals surface area contributed by atoms with Crippen LogP contribution < -0.4 is 11.1 Å². The van der Waals surface area contributed by atoms with Gasteiger partial charge in [-0.15, -0.1) is 11.8 Å². The van der Waals surface area contributed by atoms with E-state index in [0.717, 1.165) is 29.8 Å². The molecule has 2 rings (SSSR count). The van der Waals surface area contributed by atoms with Crippen LogP contribution in [0.1, 0.15) is 25.3 Å². The first kappa shape index (κ1) is 13.6. The third-order valence-electron chi connectivity index (χ3n) is 3.29. The summed E-state index contributed by atoms with van der Waals surface area (Å²) in [6, 6.07) is 3.50. The van der Waals surface area contributed by atoms with E-state index in [9.17, 15) is 4.79 Å². The van der Waals surface area contributed by atoms with Crippen molar-refractivity contribution in [3.8, 4) is 0 Å². The number of carbonyl (C=O) groups is 1. The van der Waals surface area contributed by atoms with Crippen LogP contribution in [0.4, 0.5) is 11.4 Å². The normalized spacial score (nSPS) is 23.1. The third kappa shape index (κ3) is 2.59. The molecular weight excluding hydrogens is 268 g/mol. The van der Waals surface area contributed by atoms with Crippen molar-refractivity contribution in [2.24, 2.45) is 0 Å². The van der Waals surface area contributed by atoms with E-state index in [2.05, 4.69) is 5.32 Å². The molecule has 0 saturated carbocycles. The molecule has 1 aliphatic heterocycles. The van der Waals surface area contributed by atoms with E-state index in [1.807, 2.05) is 13.8 Å². The van der Waals surface area contributed by atoms with Gasteiger partial charge in [-0.25, -0.2) is 0 Å². The van der Waals surface area contributed by atoms with Gasteiger partial charge in [0.2, 0.25) is 5.91 Å². The molecule has 1 unspecified atom stereocenters. The Kier molecular flexibility index (Phi) is 3.78. The molecular formula is C13H17ClN2OS. The van der Waals surface area contributed by atoms with Crippen molar-refractivity contribution in [1.82, 2.24) is 0 Å². The Morgan fingerprint density at radius 3 is 2.89 bits per heavy atom. The van der Waals surface area contributed by atoms with Crippen molar-refractivity contribution >= 4 is 40.6 Å². The van der Waals surface area contributed by atoms with Gasteiger partial charge in [-0.05, 0) is 50.1 Å². The molecule has 1 heterocycles. The number of hydrogen-bond acceptors (Lipinski definition) is 3. The van der Waals surface area contributed by atoms with Crippen LogP contribution in [0.5, 0.6) is 0 Å². The van der Waals surface area contributed by atoms with Gasteiger partial charge in [-0.1, -0.05) is 11.6 Å². The minimum absolute atomic E-state index is 0.0499. The summed E-state index contributed by atoms with van der Waals surface area (Å²) in [6.45, 7) is 3.90. The van der Waals surface area contributed by atoms with Crippen LogP contribution >= 0.6 is 23.4 Å².